The Morgan fingerprint density at radius 1 is 0.368 bits per heavy atom. The van der Waals surface area contributed by atoms with Gasteiger partial charge in [-0.3, -0.25) is 23.4 Å². The second kappa shape index (κ2) is 58.1. The highest BCUT2D eigenvalue weighted by Crippen LogP contribution is 2.43. The molecule has 0 saturated heterocycles. The molecule has 0 spiro atoms. The fourth-order valence-electron chi connectivity index (χ4n) is 8.34. The number of rotatable bonds is 57. The number of aliphatic hydroxyl groups excluding tert-OH is 1. The summed E-state index contributed by atoms with van der Waals surface area (Å²) in [5, 5.41) is 9.82. The Hall–Kier alpha value is -3.08. The summed E-state index contributed by atoms with van der Waals surface area (Å²) < 4.78 is 39.6. The molecule has 2 N–H and O–H groups in total. The Labute approximate surface area is 465 Å². The summed E-state index contributed by atoms with van der Waals surface area (Å²) in [7, 11) is -4.76. The molecule has 0 aliphatic heterocycles. The molecule has 3 atom stereocenters. The van der Waals surface area contributed by atoms with Crippen molar-refractivity contribution in [3.05, 3.63) is 72.9 Å². The van der Waals surface area contributed by atoms with Crippen molar-refractivity contribution in [2.24, 2.45) is 0 Å². The monoisotopic (exact) mass is 1090 g/mol. The van der Waals surface area contributed by atoms with Crippen LogP contribution in [0.5, 0.6) is 0 Å². The summed E-state index contributed by atoms with van der Waals surface area (Å²) in [5.74, 6) is -1.49. The SMILES string of the molecule is CCC/C=C\C/C=C\CCCCCCCC(=O)OC(CO)COP(=O)(O)OCC(COC(=O)CCCCCCCCC/C=C\CCCCCCCC)OC(=O)CCCCCCCC/C=C\C/C=C\C/C=C\CCCCC. The first-order chi connectivity index (χ1) is 37.2. The number of carbonyl (C=O) groups excluding carboxylic acids is 3. The first-order valence-electron chi connectivity index (χ1n) is 30.8. The summed E-state index contributed by atoms with van der Waals surface area (Å²) in [6.45, 7) is 4.54. The topological polar surface area (TPSA) is 155 Å². The molecule has 76 heavy (non-hydrogen) atoms. The molecule has 0 heterocycles. The zero-order valence-corrected chi connectivity index (χ0v) is 49.6. The van der Waals surface area contributed by atoms with Gasteiger partial charge in [-0.15, -0.1) is 0 Å². The number of phosphoric acid groups is 1. The molecule has 3 unspecified atom stereocenters. The molecule has 0 bridgehead atoms. The van der Waals surface area contributed by atoms with E-state index in [4.69, 9.17) is 23.3 Å². The summed E-state index contributed by atoms with van der Waals surface area (Å²) in [4.78, 5) is 48.6. The highest BCUT2D eigenvalue weighted by atomic mass is 31.2. The Balaban J connectivity index is 4.75. The van der Waals surface area contributed by atoms with Crippen LogP contribution in [0.1, 0.15) is 278 Å². The molecule has 0 amide bonds. The van der Waals surface area contributed by atoms with E-state index >= 15 is 0 Å². The Morgan fingerprint density at radius 3 is 1.08 bits per heavy atom. The van der Waals surface area contributed by atoms with Gasteiger partial charge in [-0.2, -0.15) is 0 Å². The fourth-order valence-corrected chi connectivity index (χ4v) is 9.12. The number of ether oxygens (including phenoxy) is 3. The molecule has 0 radical (unpaired) electrons. The van der Waals surface area contributed by atoms with Gasteiger partial charge in [-0.05, 0) is 109 Å². The Morgan fingerprint density at radius 2 is 0.671 bits per heavy atom. The van der Waals surface area contributed by atoms with E-state index in [1.165, 1.54) is 96.3 Å². The van der Waals surface area contributed by atoms with E-state index < -0.39 is 57.8 Å². The number of phosphoric ester groups is 1. The van der Waals surface area contributed by atoms with E-state index in [2.05, 4.69) is 93.7 Å². The van der Waals surface area contributed by atoms with Gasteiger partial charge in [0.05, 0.1) is 19.8 Å². The lowest BCUT2D eigenvalue weighted by molar-refractivity contribution is -0.161. The second-order valence-corrected chi connectivity index (χ2v) is 22.0. The van der Waals surface area contributed by atoms with Crippen molar-refractivity contribution >= 4 is 25.7 Å². The molecule has 0 rings (SSSR count). The van der Waals surface area contributed by atoms with E-state index in [0.717, 1.165) is 122 Å². The van der Waals surface area contributed by atoms with Crippen LogP contribution in [0.4, 0.5) is 0 Å². The third-order valence-electron chi connectivity index (χ3n) is 13.1. The van der Waals surface area contributed by atoms with Crippen LogP contribution in [0.15, 0.2) is 72.9 Å². The van der Waals surface area contributed by atoms with Gasteiger partial charge in [0, 0.05) is 19.3 Å². The maximum atomic E-state index is 12.9. The molecular formula is C64H113O11P. The highest BCUT2D eigenvalue weighted by molar-refractivity contribution is 7.47. The molecule has 0 aliphatic rings. The smallest absolute Gasteiger partial charge is 0.462 e. The standard InChI is InChI=1S/C64H113O11P/c1-4-7-10-13-16-19-22-25-27-29-30-32-34-37-40-43-46-49-52-55-64(68)75-61(57-71-62(66)53-50-47-44-41-38-36-33-31-28-26-23-20-17-14-11-8-5-2)59-73-76(69,70)72-58-60(56-65)74-63(67)54-51-48-45-42-39-35-24-21-18-15-12-9-6-3/h12,15-16,19,21,24-28,30,32,60-61,65H,4-11,13-14,17-18,20,22-23,29,31,33-59H2,1-3H3,(H,69,70)/b15-12-,19-16-,24-21-,27-25-,28-26-,32-30-. The van der Waals surface area contributed by atoms with Crippen molar-refractivity contribution < 1.29 is 52.2 Å². The number of carbonyl (C=O) groups is 3. The zero-order valence-electron chi connectivity index (χ0n) is 48.7. The van der Waals surface area contributed by atoms with Gasteiger partial charge in [-0.1, -0.05) is 222 Å². The third-order valence-corrected chi connectivity index (χ3v) is 14.0. The summed E-state index contributed by atoms with van der Waals surface area (Å²) in [6.07, 6.45) is 65.6. The minimum atomic E-state index is -4.76. The van der Waals surface area contributed by atoms with Crippen LogP contribution in [0.2, 0.25) is 0 Å². The van der Waals surface area contributed by atoms with Gasteiger partial charge >= 0.3 is 25.7 Å². The van der Waals surface area contributed by atoms with E-state index in [1.54, 1.807) is 0 Å². The largest absolute Gasteiger partial charge is 0.472 e. The number of hydrogen-bond acceptors (Lipinski definition) is 10. The molecule has 440 valence electrons. The lowest BCUT2D eigenvalue weighted by atomic mass is 10.1. The van der Waals surface area contributed by atoms with Crippen molar-refractivity contribution in [2.45, 2.75) is 290 Å². The normalized spacial score (nSPS) is 13.8. The molecule has 0 aliphatic carbocycles. The van der Waals surface area contributed by atoms with Crippen molar-refractivity contribution in [2.75, 3.05) is 26.4 Å². The van der Waals surface area contributed by atoms with Crippen molar-refractivity contribution in [3.63, 3.8) is 0 Å². The summed E-state index contributed by atoms with van der Waals surface area (Å²) in [5.41, 5.74) is 0. The molecule has 11 nitrogen and oxygen atoms in total. The minimum Gasteiger partial charge on any atom is -0.462 e. The highest BCUT2D eigenvalue weighted by Gasteiger charge is 2.28. The lowest BCUT2D eigenvalue weighted by Gasteiger charge is -2.21. The van der Waals surface area contributed by atoms with Gasteiger partial charge in [0.1, 0.15) is 12.7 Å². The van der Waals surface area contributed by atoms with E-state index in [1.807, 2.05) is 0 Å². The van der Waals surface area contributed by atoms with Gasteiger partial charge in [0.15, 0.2) is 6.10 Å². The average Bonchev–Trinajstić information content (AvgIpc) is 3.41. The molecule has 12 heteroatoms. The predicted molar refractivity (Wildman–Crippen MR) is 316 cm³/mol. The van der Waals surface area contributed by atoms with Gasteiger partial charge in [0.25, 0.3) is 0 Å². The van der Waals surface area contributed by atoms with Crippen molar-refractivity contribution in [1.82, 2.24) is 0 Å². The van der Waals surface area contributed by atoms with Crippen molar-refractivity contribution in [1.29, 1.82) is 0 Å². The number of aliphatic hydroxyl groups is 1. The third kappa shape index (κ3) is 55.7. The van der Waals surface area contributed by atoms with Crippen LogP contribution in [0, 0.1) is 0 Å². The maximum absolute atomic E-state index is 12.9. The predicted octanol–water partition coefficient (Wildman–Crippen LogP) is 18.5. The number of hydrogen-bond donors (Lipinski definition) is 2. The zero-order chi connectivity index (χ0) is 55.5. The average molecular weight is 1090 g/mol. The van der Waals surface area contributed by atoms with E-state index in [9.17, 15) is 28.9 Å². The lowest BCUT2D eigenvalue weighted by Crippen LogP contribution is -2.30. The van der Waals surface area contributed by atoms with Gasteiger partial charge in [-0.25, -0.2) is 4.57 Å². The van der Waals surface area contributed by atoms with Crippen LogP contribution in [-0.2, 0) is 42.2 Å². The molecule has 0 aromatic carbocycles. The van der Waals surface area contributed by atoms with Gasteiger partial charge in [0.2, 0.25) is 0 Å². The van der Waals surface area contributed by atoms with Crippen LogP contribution in [0.25, 0.3) is 0 Å². The van der Waals surface area contributed by atoms with Crippen LogP contribution in [-0.4, -0.2) is 66.5 Å². The molecule has 0 aromatic heterocycles. The first-order valence-corrected chi connectivity index (χ1v) is 32.3. The van der Waals surface area contributed by atoms with Crippen LogP contribution < -0.4 is 0 Å². The number of esters is 3. The Bertz CT molecular complexity index is 1550. The number of allylic oxidation sites excluding steroid dienone is 12. The van der Waals surface area contributed by atoms with E-state index in [0.29, 0.717) is 19.3 Å². The summed E-state index contributed by atoms with van der Waals surface area (Å²) >= 11 is 0. The molecule has 0 saturated carbocycles. The molecular weight excluding hydrogens is 976 g/mol. The van der Waals surface area contributed by atoms with E-state index in [-0.39, 0.29) is 25.9 Å². The Kier molecular flexibility index (Phi) is 55.7. The summed E-state index contributed by atoms with van der Waals surface area (Å²) in [6, 6.07) is 0. The van der Waals surface area contributed by atoms with Crippen molar-refractivity contribution in [3.8, 4) is 0 Å². The quantitative estimate of drug-likeness (QED) is 0.0197. The first kappa shape index (κ1) is 72.9. The van der Waals surface area contributed by atoms with Gasteiger partial charge < -0.3 is 24.2 Å². The van der Waals surface area contributed by atoms with Crippen LogP contribution in [0.3, 0.4) is 0 Å². The fraction of sp³-hybridized carbons (Fsp3) is 0.766. The molecule has 0 aromatic rings. The number of unbranched alkanes of at least 4 members (excludes halogenated alkanes) is 28. The maximum Gasteiger partial charge on any atom is 0.472 e. The second-order valence-electron chi connectivity index (χ2n) is 20.5. The molecule has 0 fully saturated rings. The minimum absolute atomic E-state index is 0.150. The van der Waals surface area contributed by atoms with Crippen LogP contribution >= 0.6 is 7.82 Å².